The standard InChI is InChI=1S/C22H30FN5O/c1-3-24-22(25-15-20(29)18-8-4-5-9-19(18)23)27-17-11-13-28(14-12-17)21-10-6-7-16(2)26-21/h4-10,17,20,29H,3,11-15H2,1-2H3,(H2,24,25,27). The van der Waals surface area contributed by atoms with Crippen molar-refractivity contribution in [2.75, 3.05) is 31.1 Å². The third-order valence-corrected chi connectivity index (χ3v) is 5.06. The summed E-state index contributed by atoms with van der Waals surface area (Å²) in [5, 5.41) is 16.9. The van der Waals surface area contributed by atoms with Crippen LogP contribution in [0.15, 0.2) is 47.5 Å². The molecule has 0 aliphatic carbocycles. The van der Waals surface area contributed by atoms with E-state index in [4.69, 9.17) is 0 Å². The predicted octanol–water partition coefficient (Wildman–Crippen LogP) is 2.79. The minimum atomic E-state index is -0.971. The molecule has 3 rings (SSSR count). The molecule has 7 heteroatoms. The second kappa shape index (κ2) is 10.2. The lowest BCUT2D eigenvalue weighted by molar-refractivity contribution is 0.182. The number of aliphatic hydroxyl groups is 1. The zero-order chi connectivity index (χ0) is 20.6. The Morgan fingerprint density at radius 2 is 2.00 bits per heavy atom. The predicted molar refractivity (Wildman–Crippen MR) is 115 cm³/mol. The van der Waals surface area contributed by atoms with E-state index in [0.29, 0.717) is 18.5 Å². The highest BCUT2D eigenvalue weighted by molar-refractivity contribution is 5.80. The number of halogens is 1. The molecule has 2 aromatic rings. The Bertz CT molecular complexity index is 820. The maximum Gasteiger partial charge on any atom is 0.191 e. The van der Waals surface area contributed by atoms with Crippen LogP contribution in [0.25, 0.3) is 0 Å². The van der Waals surface area contributed by atoms with Gasteiger partial charge in [0.1, 0.15) is 17.7 Å². The van der Waals surface area contributed by atoms with Crippen molar-refractivity contribution in [3.63, 3.8) is 0 Å². The second-order valence-electron chi connectivity index (χ2n) is 7.30. The van der Waals surface area contributed by atoms with Crippen LogP contribution in [0, 0.1) is 12.7 Å². The van der Waals surface area contributed by atoms with Gasteiger partial charge in [-0.1, -0.05) is 24.3 Å². The molecule has 0 amide bonds. The van der Waals surface area contributed by atoms with Crippen molar-refractivity contribution in [1.82, 2.24) is 15.6 Å². The van der Waals surface area contributed by atoms with E-state index in [0.717, 1.165) is 37.4 Å². The number of piperidine rings is 1. The highest BCUT2D eigenvalue weighted by Gasteiger charge is 2.21. The molecular formula is C22H30FN5O. The van der Waals surface area contributed by atoms with Crippen LogP contribution in [-0.4, -0.2) is 48.3 Å². The first-order valence-corrected chi connectivity index (χ1v) is 10.2. The lowest BCUT2D eigenvalue weighted by atomic mass is 10.1. The Morgan fingerprint density at radius 3 is 2.69 bits per heavy atom. The third kappa shape index (κ3) is 5.90. The van der Waals surface area contributed by atoms with Crippen molar-refractivity contribution < 1.29 is 9.50 Å². The summed E-state index contributed by atoms with van der Waals surface area (Å²) < 4.78 is 13.8. The molecule has 0 spiro atoms. The van der Waals surface area contributed by atoms with Crippen molar-refractivity contribution in [2.45, 2.75) is 38.8 Å². The summed E-state index contributed by atoms with van der Waals surface area (Å²) in [6, 6.07) is 12.7. The fourth-order valence-electron chi connectivity index (χ4n) is 3.49. The minimum absolute atomic E-state index is 0.0995. The average molecular weight is 400 g/mol. The van der Waals surface area contributed by atoms with E-state index in [-0.39, 0.29) is 12.1 Å². The van der Waals surface area contributed by atoms with Gasteiger partial charge < -0.3 is 20.6 Å². The van der Waals surface area contributed by atoms with Crippen molar-refractivity contribution in [3.05, 3.63) is 59.5 Å². The molecule has 1 saturated heterocycles. The first-order chi connectivity index (χ1) is 14.1. The minimum Gasteiger partial charge on any atom is -0.386 e. The van der Waals surface area contributed by atoms with Crippen molar-refractivity contribution >= 4 is 11.8 Å². The van der Waals surface area contributed by atoms with E-state index in [1.54, 1.807) is 18.2 Å². The maximum absolute atomic E-state index is 13.8. The third-order valence-electron chi connectivity index (χ3n) is 5.06. The zero-order valence-corrected chi connectivity index (χ0v) is 17.1. The SMILES string of the molecule is CCNC(=NCC(O)c1ccccc1F)NC1CCN(c2cccc(C)n2)CC1. The molecule has 6 nitrogen and oxygen atoms in total. The van der Waals surface area contributed by atoms with Crippen LogP contribution < -0.4 is 15.5 Å². The Balaban J connectivity index is 1.55. The topological polar surface area (TPSA) is 72.8 Å². The van der Waals surface area contributed by atoms with Gasteiger partial charge in [0.15, 0.2) is 5.96 Å². The number of hydrogen-bond donors (Lipinski definition) is 3. The van der Waals surface area contributed by atoms with Gasteiger partial charge in [-0.2, -0.15) is 0 Å². The summed E-state index contributed by atoms with van der Waals surface area (Å²) in [5.41, 5.74) is 1.30. The van der Waals surface area contributed by atoms with Crippen LogP contribution in [0.1, 0.15) is 37.1 Å². The molecule has 29 heavy (non-hydrogen) atoms. The number of hydrogen-bond acceptors (Lipinski definition) is 4. The molecule has 0 radical (unpaired) electrons. The van der Waals surface area contributed by atoms with Crippen LogP contribution in [0.3, 0.4) is 0 Å². The van der Waals surface area contributed by atoms with E-state index < -0.39 is 11.9 Å². The Hall–Kier alpha value is -2.67. The van der Waals surface area contributed by atoms with E-state index in [1.165, 1.54) is 6.07 Å². The average Bonchev–Trinajstić information content (AvgIpc) is 2.73. The fourth-order valence-corrected chi connectivity index (χ4v) is 3.49. The first-order valence-electron chi connectivity index (χ1n) is 10.2. The molecule has 2 heterocycles. The number of rotatable bonds is 6. The summed E-state index contributed by atoms with van der Waals surface area (Å²) >= 11 is 0. The summed E-state index contributed by atoms with van der Waals surface area (Å²) in [6.45, 7) is 6.66. The molecule has 1 fully saturated rings. The van der Waals surface area contributed by atoms with Gasteiger partial charge in [-0.15, -0.1) is 0 Å². The summed E-state index contributed by atoms with van der Waals surface area (Å²) in [5.74, 6) is 1.26. The highest BCUT2D eigenvalue weighted by atomic mass is 19.1. The molecule has 3 N–H and O–H groups in total. The maximum atomic E-state index is 13.8. The summed E-state index contributed by atoms with van der Waals surface area (Å²) in [4.78, 5) is 11.4. The number of anilines is 1. The summed E-state index contributed by atoms with van der Waals surface area (Å²) in [6.07, 6.45) is 0.965. The quantitative estimate of drug-likeness (QED) is 0.515. The molecule has 1 aromatic carbocycles. The van der Waals surface area contributed by atoms with Gasteiger partial charge in [0.05, 0.1) is 6.54 Å². The number of nitrogens with zero attached hydrogens (tertiary/aromatic N) is 3. The van der Waals surface area contributed by atoms with Crippen molar-refractivity contribution in [3.8, 4) is 0 Å². The number of pyridine rings is 1. The van der Waals surface area contributed by atoms with E-state index >= 15 is 0 Å². The fraction of sp³-hybridized carbons (Fsp3) is 0.455. The molecule has 1 aliphatic heterocycles. The summed E-state index contributed by atoms with van der Waals surface area (Å²) in [7, 11) is 0. The lowest BCUT2D eigenvalue weighted by Gasteiger charge is -2.34. The van der Waals surface area contributed by atoms with Crippen LogP contribution in [0.4, 0.5) is 10.2 Å². The lowest BCUT2D eigenvalue weighted by Crippen LogP contribution is -2.49. The Morgan fingerprint density at radius 1 is 1.24 bits per heavy atom. The van der Waals surface area contributed by atoms with E-state index in [1.807, 2.05) is 26.0 Å². The van der Waals surface area contributed by atoms with Gasteiger partial charge in [-0.05, 0) is 44.9 Å². The molecule has 1 aromatic heterocycles. The first kappa shape index (κ1) is 21.0. The largest absolute Gasteiger partial charge is 0.386 e. The van der Waals surface area contributed by atoms with E-state index in [9.17, 15) is 9.50 Å². The highest BCUT2D eigenvalue weighted by Crippen LogP contribution is 2.19. The van der Waals surface area contributed by atoms with Crippen LogP contribution in [0.2, 0.25) is 0 Å². The number of aliphatic imine (C=N–C) groups is 1. The Labute approximate surface area is 171 Å². The Kier molecular flexibility index (Phi) is 7.41. The van der Waals surface area contributed by atoms with Gasteiger partial charge in [-0.3, -0.25) is 4.99 Å². The molecule has 0 bridgehead atoms. The number of benzene rings is 1. The normalized spacial score (nSPS) is 16.6. The van der Waals surface area contributed by atoms with E-state index in [2.05, 4.69) is 31.6 Å². The number of aromatic nitrogens is 1. The zero-order valence-electron chi connectivity index (χ0n) is 17.1. The van der Waals surface area contributed by atoms with Crippen molar-refractivity contribution in [2.24, 2.45) is 4.99 Å². The number of guanidine groups is 1. The molecule has 1 atom stereocenters. The smallest absolute Gasteiger partial charge is 0.191 e. The van der Waals surface area contributed by atoms with Gasteiger partial charge in [0.2, 0.25) is 0 Å². The van der Waals surface area contributed by atoms with Gasteiger partial charge in [0, 0.05) is 36.9 Å². The molecule has 1 unspecified atom stereocenters. The van der Waals surface area contributed by atoms with Crippen molar-refractivity contribution in [1.29, 1.82) is 0 Å². The van der Waals surface area contributed by atoms with Gasteiger partial charge >= 0.3 is 0 Å². The molecular weight excluding hydrogens is 369 g/mol. The number of aryl methyl sites for hydroxylation is 1. The van der Waals surface area contributed by atoms with Crippen LogP contribution in [-0.2, 0) is 0 Å². The van der Waals surface area contributed by atoms with Crippen LogP contribution in [0.5, 0.6) is 0 Å². The number of aliphatic hydroxyl groups excluding tert-OH is 1. The molecule has 1 aliphatic rings. The molecule has 0 saturated carbocycles. The molecule has 156 valence electrons. The second-order valence-corrected chi connectivity index (χ2v) is 7.30. The number of nitrogens with one attached hydrogen (secondary N) is 2. The van der Waals surface area contributed by atoms with Gasteiger partial charge in [-0.25, -0.2) is 9.37 Å². The monoisotopic (exact) mass is 399 g/mol. The van der Waals surface area contributed by atoms with Crippen LogP contribution >= 0.6 is 0 Å². The van der Waals surface area contributed by atoms with Gasteiger partial charge in [0.25, 0.3) is 0 Å².